The van der Waals surface area contributed by atoms with Gasteiger partial charge in [0.05, 0.1) is 34.4 Å². The van der Waals surface area contributed by atoms with Crippen LogP contribution in [-0.2, 0) is 27.9 Å². The molecule has 364 valence electrons. The molecule has 0 fully saturated rings. The van der Waals surface area contributed by atoms with Crippen LogP contribution in [0.3, 0.4) is 0 Å². The minimum absolute atomic E-state index is 0.0924. The van der Waals surface area contributed by atoms with Crippen molar-refractivity contribution in [3.05, 3.63) is 12.2 Å². The quantitative estimate of drug-likeness (QED) is 0.0214. The average molecular weight is 887 g/mol. The van der Waals surface area contributed by atoms with Gasteiger partial charge in [-0.2, -0.15) is 0 Å². The molecule has 2 unspecified atom stereocenters. The van der Waals surface area contributed by atoms with Crippen LogP contribution in [0.15, 0.2) is 12.2 Å². The summed E-state index contributed by atoms with van der Waals surface area (Å²) in [4.78, 5) is 23.0. The van der Waals surface area contributed by atoms with Gasteiger partial charge in [0.1, 0.15) is 19.3 Å². The molecule has 0 radical (unpaired) electrons. The van der Waals surface area contributed by atoms with Crippen molar-refractivity contribution < 1.29 is 37.3 Å². The minimum Gasteiger partial charge on any atom is -0.457 e. The topological polar surface area (TPSA) is 91.3 Å². The summed E-state index contributed by atoms with van der Waals surface area (Å²) in [6.45, 7) is 5.68. The van der Waals surface area contributed by atoms with Gasteiger partial charge >= 0.3 is 13.8 Å². The first kappa shape index (κ1) is 60.2. The lowest BCUT2D eigenvalue weighted by Gasteiger charge is -2.24. The number of quaternary nitrogens is 1. The van der Waals surface area contributed by atoms with Crippen LogP contribution >= 0.6 is 7.82 Å². The van der Waals surface area contributed by atoms with Crippen molar-refractivity contribution >= 4 is 13.8 Å². The number of hydrogen-bond acceptors (Lipinski definition) is 6. The number of allylic oxidation sites excluding steroid dienone is 2. The molecule has 0 amide bonds. The monoisotopic (exact) mass is 887 g/mol. The highest BCUT2D eigenvalue weighted by molar-refractivity contribution is 7.47. The van der Waals surface area contributed by atoms with Crippen LogP contribution in [0.4, 0.5) is 0 Å². The van der Waals surface area contributed by atoms with Gasteiger partial charge in [-0.05, 0) is 38.5 Å². The molecular weight excluding hydrogens is 782 g/mol. The lowest BCUT2D eigenvalue weighted by molar-refractivity contribution is -0.870. The van der Waals surface area contributed by atoms with Gasteiger partial charge in [0.2, 0.25) is 0 Å². The first-order valence-corrected chi connectivity index (χ1v) is 27.9. The largest absolute Gasteiger partial charge is 0.472 e. The van der Waals surface area contributed by atoms with Crippen molar-refractivity contribution in [2.75, 3.05) is 54.1 Å². The van der Waals surface area contributed by atoms with Crippen LogP contribution in [0.2, 0.25) is 0 Å². The van der Waals surface area contributed by atoms with Crippen molar-refractivity contribution in [2.24, 2.45) is 0 Å². The number of phosphoric ester groups is 1. The number of carbonyl (C=O) groups is 1. The van der Waals surface area contributed by atoms with Crippen LogP contribution in [-0.4, -0.2) is 75.6 Å². The van der Waals surface area contributed by atoms with E-state index < -0.39 is 13.9 Å². The molecule has 0 aromatic rings. The van der Waals surface area contributed by atoms with E-state index in [1.165, 1.54) is 205 Å². The van der Waals surface area contributed by atoms with Gasteiger partial charge in [-0.1, -0.05) is 225 Å². The normalized spacial score (nSPS) is 13.6. The Morgan fingerprint density at radius 2 is 0.852 bits per heavy atom. The van der Waals surface area contributed by atoms with E-state index in [9.17, 15) is 14.3 Å². The second-order valence-electron chi connectivity index (χ2n) is 19.3. The number of ether oxygens (including phenoxy) is 2. The van der Waals surface area contributed by atoms with Gasteiger partial charge in [0, 0.05) is 13.0 Å². The number of nitrogens with zero attached hydrogens (tertiary/aromatic N) is 1. The number of rotatable bonds is 50. The molecule has 1 N–H and O–H groups in total. The Kier molecular flexibility index (Phi) is 45.2. The molecule has 61 heavy (non-hydrogen) atoms. The molecule has 0 saturated heterocycles. The van der Waals surface area contributed by atoms with Crippen LogP contribution in [0, 0.1) is 0 Å². The van der Waals surface area contributed by atoms with Gasteiger partial charge in [-0.15, -0.1) is 0 Å². The smallest absolute Gasteiger partial charge is 0.457 e. The van der Waals surface area contributed by atoms with E-state index in [4.69, 9.17) is 18.5 Å². The van der Waals surface area contributed by atoms with Crippen molar-refractivity contribution in [2.45, 2.75) is 264 Å². The molecule has 0 bridgehead atoms. The first-order chi connectivity index (χ1) is 29.6. The second-order valence-corrected chi connectivity index (χ2v) is 20.7. The highest BCUT2D eigenvalue weighted by Crippen LogP contribution is 2.43. The fraction of sp³-hybridized carbons (Fsp3) is 0.942. The maximum Gasteiger partial charge on any atom is 0.472 e. The van der Waals surface area contributed by atoms with E-state index in [0.717, 1.165) is 32.1 Å². The summed E-state index contributed by atoms with van der Waals surface area (Å²) in [6, 6.07) is 0. The summed E-state index contributed by atoms with van der Waals surface area (Å²) < 4.78 is 35.2. The van der Waals surface area contributed by atoms with Gasteiger partial charge in [0.15, 0.2) is 0 Å². The molecule has 2 atom stereocenters. The maximum absolute atomic E-state index is 12.7. The third-order valence-corrected chi connectivity index (χ3v) is 12.8. The molecule has 0 aromatic carbocycles. The van der Waals surface area contributed by atoms with Gasteiger partial charge in [-0.3, -0.25) is 13.8 Å². The summed E-state index contributed by atoms with van der Waals surface area (Å²) in [6.07, 6.45) is 52.6. The lowest BCUT2D eigenvalue weighted by atomic mass is 10.0. The maximum atomic E-state index is 12.7. The van der Waals surface area contributed by atoms with E-state index in [0.29, 0.717) is 24.1 Å². The number of carbonyl (C=O) groups excluding carboxylic acids is 1. The summed E-state index contributed by atoms with van der Waals surface area (Å²) in [5.41, 5.74) is 0. The van der Waals surface area contributed by atoms with Crippen molar-refractivity contribution in [3.8, 4) is 0 Å². The summed E-state index contributed by atoms with van der Waals surface area (Å²) >= 11 is 0. The zero-order valence-corrected chi connectivity index (χ0v) is 42.3. The summed E-state index contributed by atoms with van der Waals surface area (Å²) in [5, 5.41) is 0. The van der Waals surface area contributed by atoms with Gasteiger partial charge in [-0.25, -0.2) is 4.57 Å². The number of phosphoric acid groups is 1. The van der Waals surface area contributed by atoms with Crippen LogP contribution in [0.1, 0.15) is 258 Å². The molecule has 0 aliphatic carbocycles. The Hall–Kier alpha value is -0.760. The van der Waals surface area contributed by atoms with E-state index >= 15 is 0 Å². The van der Waals surface area contributed by atoms with Crippen LogP contribution in [0.25, 0.3) is 0 Å². The predicted molar refractivity (Wildman–Crippen MR) is 261 cm³/mol. The molecule has 0 aromatic heterocycles. The van der Waals surface area contributed by atoms with Crippen molar-refractivity contribution in [1.82, 2.24) is 0 Å². The Morgan fingerprint density at radius 1 is 0.492 bits per heavy atom. The van der Waals surface area contributed by atoms with Crippen molar-refractivity contribution in [1.29, 1.82) is 0 Å². The first-order valence-electron chi connectivity index (χ1n) is 26.4. The molecule has 0 saturated carbocycles. The molecule has 0 spiro atoms. The number of likely N-dealkylation sites (N-methyl/N-ethyl adjacent to an activating group) is 1. The molecule has 8 nitrogen and oxygen atoms in total. The Balaban J connectivity index is 4.04. The molecule has 9 heteroatoms. The zero-order valence-electron chi connectivity index (χ0n) is 41.4. The molecule has 0 rings (SSSR count). The van der Waals surface area contributed by atoms with Crippen LogP contribution < -0.4 is 0 Å². The van der Waals surface area contributed by atoms with E-state index in [1.54, 1.807) is 0 Å². The number of hydrogen-bond donors (Lipinski definition) is 1. The highest BCUT2D eigenvalue weighted by atomic mass is 31.2. The Labute approximate surface area is 380 Å². The summed E-state index contributed by atoms with van der Waals surface area (Å²) in [5.74, 6) is -0.308. The SMILES string of the molecule is CCCCCCCCCC/C=C\CCCCCCCCCCCCCCOCC(COP(=O)(O)OCC[N+](C)(C)C)OC(=O)CCCCCCCCCCCCCCCCC. The number of esters is 1. The van der Waals surface area contributed by atoms with Crippen LogP contribution in [0.5, 0.6) is 0 Å². The number of unbranched alkanes of at least 4 members (excludes halogenated alkanes) is 34. The van der Waals surface area contributed by atoms with Gasteiger partial charge in [0.25, 0.3) is 0 Å². The zero-order chi connectivity index (χ0) is 44.8. The third kappa shape index (κ3) is 50.1. The Bertz CT molecular complexity index is 987. The minimum atomic E-state index is -4.27. The lowest BCUT2D eigenvalue weighted by Crippen LogP contribution is -2.37. The highest BCUT2D eigenvalue weighted by Gasteiger charge is 2.26. The Morgan fingerprint density at radius 3 is 1.25 bits per heavy atom. The van der Waals surface area contributed by atoms with E-state index in [1.807, 2.05) is 21.1 Å². The molecule has 0 aliphatic rings. The summed E-state index contributed by atoms with van der Waals surface area (Å²) in [7, 11) is 1.68. The predicted octanol–water partition coefficient (Wildman–Crippen LogP) is 16.2. The molecular formula is C52H105NO7P+. The molecule has 0 heterocycles. The van der Waals surface area contributed by atoms with Crippen molar-refractivity contribution in [3.63, 3.8) is 0 Å². The standard InChI is InChI=1S/C52H104NO7P/c1-6-8-10-12-14-16-18-20-22-23-24-25-26-27-28-29-30-32-34-36-38-40-42-44-47-57-49-51(50-59-61(55,56)58-48-46-53(3,4)5)60-52(54)45-43-41-39-37-35-33-31-21-19-17-15-13-11-9-7-2/h23-24,51H,6-22,25-50H2,1-5H3/p+1/b24-23-. The average Bonchev–Trinajstić information content (AvgIpc) is 3.22. The second kappa shape index (κ2) is 45.8. The van der Waals surface area contributed by atoms with Gasteiger partial charge < -0.3 is 18.9 Å². The fourth-order valence-electron chi connectivity index (χ4n) is 7.73. The van der Waals surface area contributed by atoms with E-state index in [2.05, 4.69) is 26.0 Å². The third-order valence-electron chi connectivity index (χ3n) is 11.8. The van der Waals surface area contributed by atoms with E-state index in [-0.39, 0.29) is 25.8 Å². The fourth-order valence-corrected chi connectivity index (χ4v) is 8.47. The molecule has 0 aliphatic heterocycles.